The third-order valence-electron chi connectivity index (χ3n) is 5.51. The van der Waals surface area contributed by atoms with Gasteiger partial charge in [-0.25, -0.2) is 0 Å². The molecule has 0 aromatic carbocycles. The highest BCUT2D eigenvalue weighted by molar-refractivity contribution is 4.94. The molecule has 0 bridgehead atoms. The first kappa shape index (κ1) is 14.8. The minimum Gasteiger partial charge on any atom is -0.381 e. The highest BCUT2D eigenvalue weighted by Crippen LogP contribution is 2.38. The number of piperidine rings is 1. The van der Waals surface area contributed by atoms with Crippen molar-refractivity contribution in [1.29, 1.82) is 0 Å². The largest absolute Gasteiger partial charge is 0.381 e. The van der Waals surface area contributed by atoms with E-state index in [2.05, 4.69) is 4.90 Å². The molecule has 4 heteroatoms. The maximum absolute atomic E-state index is 6.19. The summed E-state index contributed by atoms with van der Waals surface area (Å²) >= 11 is 0. The number of ether oxygens (including phenoxy) is 2. The molecular formula is C16H30N2O2. The zero-order valence-corrected chi connectivity index (χ0v) is 12.7. The lowest BCUT2D eigenvalue weighted by molar-refractivity contribution is -0.155. The Morgan fingerprint density at radius 1 is 1.10 bits per heavy atom. The van der Waals surface area contributed by atoms with Crippen molar-refractivity contribution in [3.05, 3.63) is 0 Å². The van der Waals surface area contributed by atoms with Crippen molar-refractivity contribution in [2.45, 2.75) is 69.1 Å². The SMILES string of the molecule is NCCC1CCCCN1C1CCOC2(CCOCC2)C1. The number of nitrogens with two attached hydrogens (primary N) is 1. The van der Waals surface area contributed by atoms with Gasteiger partial charge in [-0.2, -0.15) is 0 Å². The van der Waals surface area contributed by atoms with Crippen LogP contribution in [0.3, 0.4) is 0 Å². The third kappa shape index (κ3) is 3.19. The molecule has 0 aromatic rings. The Bertz CT molecular complexity index is 297. The van der Waals surface area contributed by atoms with Crippen LogP contribution in [0.5, 0.6) is 0 Å². The Labute approximate surface area is 123 Å². The highest BCUT2D eigenvalue weighted by Gasteiger charge is 2.42. The van der Waals surface area contributed by atoms with Gasteiger partial charge < -0.3 is 15.2 Å². The zero-order chi connectivity index (χ0) is 13.8. The normalized spacial score (nSPS) is 35.2. The lowest BCUT2D eigenvalue weighted by Crippen LogP contribution is -2.55. The van der Waals surface area contributed by atoms with Crippen LogP contribution in [0.4, 0.5) is 0 Å². The van der Waals surface area contributed by atoms with E-state index in [1.807, 2.05) is 0 Å². The van der Waals surface area contributed by atoms with Crippen LogP contribution in [0.2, 0.25) is 0 Å². The summed E-state index contributed by atoms with van der Waals surface area (Å²) in [6.45, 7) is 4.76. The summed E-state index contributed by atoms with van der Waals surface area (Å²) in [6, 6.07) is 1.42. The second kappa shape index (κ2) is 6.73. The summed E-state index contributed by atoms with van der Waals surface area (Å²) in [6.07, 6.45) is 9.80. The molecule has 4 nitrogen and oxygen atoms in total. The van der Waals surface area contributed by atoms with Gasteiger partial charge in [0.25, 0.3) is 0 Å². The second-order valence-corrected chi connectivity index (χ2v) is 6.76. The molecule has 0 aromatic heterocycles. The average Bonchev–Trinajstić information content (AvgIpc) is 2.49. The van der Waals surface area contributed by atoms with Crippen LogP contribution < -0.4 is 5.73 Å². The quantitative estimate of drug-likeness (QED) is 0.859. The molecule has 20 heavy (non-hydrogen) atoms. The molecule has 116 valence electrons. The third-order valence-corrected chi connectivity index (χ3v) is 5.51. The molecule has 1 spiro atoms. The Balaban J connectivity index is 1.65. The Morgan fingerprint density at radius 2 is 1.95 bits per heavy atom. The van der Waals surface area contributed by atoms with E-state index in [1.54, 1.807) is 0 Å². The molecule has 0 radical (unpaired) electrons. The molecule has 0 aliphatic carbocycles. The molecule has 3 saturated heterocycles. The van der Waals surface area contributed by atoms with Gasteiger partial charge in [-0.05, 0) is 58.0 Å². The Morgan fingerprint density at radius 3 is 2.75 bits per heavy atom. The molecule has 3 heterocycles. The summed E-state index contributed by atoms with van der Waals surface area (Å²) in [4.78, 5) is 2.77. The fourth-order valence-electron chi connectivity index (χ4n) is 4.38. The van der Waals surface area contributed by atoms with Crippen LogP contribution >= 0.6 is 0 Å². The fourth-order valence-corrected chi connectivity index (χ4v) is 4.38. The standard InChI is InChI=1S/C16H30N2O2/c17-8-4-14-3-1-2-9-18(14)15-5-10-20-16(13-15)6-11-19-12-7-16/h14-15H,1-13,17H2. The molecule has 3 aliphatic heterocycles. The lowest BCUT2D eigenvalue weighted by Gasteiger charge is -2.49. The number of nitrogens with zero attached hydrogens (tertiary/aromatic N) is 1. The molecule has 2 N–H and O–H groups in total. The van der Waals surface area contributed by atoms with Crippen molar-refractivity contribution in [3.8, 4) is 0 Å². The van der Waals surface area contributed by atoms with Gasteiger partial charge in [0.05, 0.1) is 5.60 Å². The van der Waals surface area contributed by atoms with Crippen LogP contribution in [-0.4, -0.2) is 55.5 Å². The summed E-state index contributed by atoms with van der Waals surface area (Å²) < 4.78 is 11.7. The maximum Gasteiger partial charge on any atom is 0.0741 e. The summed E-state index contributed by atoms with van der Waals surface area (Å²) in [5.74, 6) is 0. The first-order valence-corrected chi connectivity index (χ1v) is 8.50. The van der Waals surface area contributed by atoms with Crippen molar-refractivity contribution in [2.75, 3.05) is 32.9 Å². The van der Waals surface area contributed by atoms with Gasteiger partial charge in [-0.1, -0.05) is 6.42 Å². The minimum atomic E-state index is 0.117. The number of hydrogen-bond donors (Lipinski definition) is 1. The average molecular weight is 282 g/mol. The molecule has 3 fully saturated rings. The molecule has 2 unspecified atom stereocenters. The predicted octanol–water partition coefficient (Wildman–Crippen LogP) is 1.92. The van der Waals surface area contributed by atoms with Gasteiger partial charge in [-0.3, -0.25) is 4.90 Å². The topological polar surface area (TPSA) is 47.7 Å². The van der Waals surface area contributed by atoms with Crippen molar-refractivity contribution >= 4 is 0 Å². The number of hydrogen-bond acceptors (Lipinski definition) is 4. The van der Waals surface area contributed by atoms with Crippen LogP contribution in [0.25, 0.3) is 0 Å². The van der Waals surface area contributed by atoms with Gasteiger partial charge in [0.1, 0.15) is 0 Å². The number of rotatable bonds is 3. The van der Waals surface area contributed by atoms with Crippen molar-refractivity contribution in [2.24, 2.45) is 5.73 Å². The van der Waals surface area contributed by atoms with E-state index < -0.39 is 0 Å². The van der Waals surface area contributed by atoms with Crippen LogP contribution in [0.15, 0.2) is 0 Å². The van der Waals surface area contributed by atoms with Gasteiger partial charge in [0, 0.05) is 31.9 Å². The fraction of sp³-hybridized carbons (Fsp3) is 1.00. The molecule has 2 atom stereocenters. The minimum absolute atomic E-state index is 0.117. The molecule has 3 aliphatic rings. The van der Waals surface area contributed by atoms with Gasteiger partial charge >= 0.3 is 0 Å². The zero-order valence-electron chi connectivity index (χ0n) is 12.7. The van der Waals surface area contributed by atoms with E-state index in [4.69, 9.17) is 15.2 Å². The predicted molar refractivity (Wildman–Crippen MR) is 79.8 cm³/mol. The first-order valence-electron chi connectivity index (χ1n) is 8.50. The lowest BCUT2D eigenvalue weighted by atomic mass is 9.82. The van der Waals surface area contributed by atoms with E-state index >= 15 is 0 Å². The summed E-state index contributed by atoms with van der Waals surface area (Å²) in [5.41, 5.74) is 5.94. The Hall–Kier alpha value is -0.160. The Kier molecular flexibility index (Phi) is 4.97. The molecule has 0 amide bonds. The first-order chi connectivity index (χ1) is 9.83. The van der Waals surface area contributed by atoms with E-state index in [0.717, 1.165) is 45.6 Å². The van der Waals surface area contributed by atoms with Crippen molar-refractivity contribution in [1.82, 2.24) is 4.90 Å². The maximum atomic E-state index is 6.19. The van der Waals surface area contributed by atoms with Crippen molar-refractivity contribution < 1.29 is 9.47 Å². The second-order valence-electron chi connectivity index (χ2n) is 6.76. The number of likely N-dealkylation sites (tertiary alicyclic amines) is 1. The molecule has 3 rings (SSSR count). The monoisotopic (exact) mass is 282 g/mol. The van der Waals surface area contributed by atoms with E-state index in [1.165, 1.54) is 38.6 Å². The van der Waals surface area contributed by atoms with Gasteiger partial charge in [-0.15, -0.1) is 0 Å². The van der Waals surface area contributed by atoms with Gasteiger partial charge in [0.15, 0.2) is 0 Å². The van der Waals surface area contributed by atoms with Crippen LogP contribution in [0, 0.1) is 0 Å². The summed E-state index contributed by atoms with van der Waals surface area (Å²) in [7, 11) is 0. The van der Waals surface area contributed by atoms with E-state index in [9.17, 15) is 0 Å². The smallest absolute Gasteiger partial charge is 0.0741 e. The van der Waals surface area contributed by atoms with Crippen LogP contribution in [0.1, 0.15) is 51.4 Å². The van der Waals surface area contributed by atoms with Crippen molar-refractivity contribution in [3.63, 3.8) is 0 Å². The van der Waals surface area contributed by atoms with E-state index in [-0.39, 0.29) is 5.60 Å². The molecule has 0 saturated carbocycles. The summed E-state index contributed by atoms with van der Waals surface area (Å²) in [5, 5.41) is 0. The highest BCUT2D eigenvalue weighted by atomic mass is 16.5. The van der Waals surface area contributed by atoms with Gasteiger partial charge in [0.2, 0.25) is 0 Å². The molecular weight excluding hydrogens is 252 g/mol. The van der Waals surface area contributed by atoms with Crippen LogP contribution in [-0.2, 0) is 9.47 Å². The van der Waals surface area contributed by atoms with E-state index in [0.29, 0.717) is 12.1 Å².